The number of ether oxygens (including phenoxy) is 1. The van der Waals surface area contributed by atoms with E-state index in [1.165, 1.54) is 24.3 Å². The van der Waals surface area contributed by atoms with E-state index in [-0.39, 0.29) is 5.69 Å². The third-order valence-electron chi connectivity index (χ3n) is 3.58. The van der Waals surface area contributed by atoms with Crippen molar-refractivity contribution >= 4 is 23.3 Å². The number of amides is 1. The maximum Gasteiger partial charge on any atom is 0.339 e. The Bertz CT molecular complexity index is 805. The second-order valence-electron chi connectivity index (χ2n) is 5.70. The first-order valence-electron chi connectivity index (χ1n) is 7.57. The van der Waals surface area contributed by atoms with Gasteiger partial charge in [0.1, 0.15) is 0 Å². The van der Waals surface area contributed by atoms with E-state index < -0.39 is 23.4 Å². The fourth-order valence-corrected chi connectivity index (χ4v) is 2.57. The third-order valence-corrected chi connectivity index (χ3v) is 3.58. The first kappa shape index (κ1) is 18.1. The maximum absolute atomic E-state index is 12.2. The molecule has 0 atom stereocenters. The summed E-state index contributed by atoms with van der Waals surface area (Å²) in [6.07, 6.45) is 0. The first-order chi connectivity index (χ1) is 11.8. The van der Waals surface area contributed by atoms with Crippen LogP contribution < -0.4 is 5.32 Å². The van der Waals surface area contributed by atoms with E-state index in [0.29, 0.717) is 11.3 Å². The first-order valence-corrected chi connectivity index (χ1v) is 7.57. The van der Waals surface area contributed by atoms with Crippen LogP contribution in [0.4, 0.5) is 11.4 Å². The SMILES string of the molecule is Cc1cc(C)c(C(=O)OCC(=O)Nc2ccc([N+](=O)[O-])cc2)c(C)c1. The van der Waals surface area contributed by atoms with Crippen molar-refractivity contribution in [3.63, 3.8) is 0 Å². The van der Waals surface area contributed by atoms with E-state index in [1.54, 1.807) is 0 Å². The van der Waals surface area contributed by atoms with Gasteiger partial charge in [0, 0.05) is 17.8 Å². The molecule has 7 heteroatoms. The van der Waals surface area contributed by atoms with Gasteiger partial charge in [-0.2, -0.15) is 0 Å². The molecule has 130 valence electrons. The van der Waals surface area contributed by atoms with Crippen molar-refractivity contribution in [2.24, 2.45) is 0 Å². The Hall–Kier alpha value is -3.22. The van der Waals surface area contributed by atoms with Crippen LogP contribution >= 0.6 is 0 Å². The maximum atomic E-state index is 12.2. The molecule has 1 N–H and O–H groups in total. The fraction of sp³-hybridized carbons (Fsp3) is 0.222. The van der Waals surface area contributed by atoms with E-state index >= 15 is 0 Å². The summed E-state index contributed by atoms with van der Waals surface area (Å²) in [5.41, 5.74) is 3.39. The molecule has 1 amide bonds. The Balaban J connectivity index is 1.96. The summed E-state index contributed by atoms with van der Waals surface area (Å²) < 4.78 is 5.07. The Kier molecular flexibility index (Phi) is 5.49. The second kappa shape index (κ2) is 7.57. The van der Waals surface area contributed by atoms with Crippen LogP contribution in [-0.4, -0.2) is 23.4 Å². The Labute approximate surface area is 144 Å². The number of nitrogens with zero attached hydrogens (tertiary/aromatic N) is 1. The van der Waals surface area contributed by atoms with Gasteiger partial charge in [0.15, 0.2) is 6.61 Å². The Morgan fingerprint density at radius 3 is 2.16 bits per heavy atom. The summed E-state index contributed by atoms with van der Waals surface area (Å²) in [5, 5.41) is 13.1. The molecule has 2 aromatic rings. The lowest BCUT2D eigenvalue weighted by molar-refractivity contribution is -0.384. The number of carbonyl (C=O) groups is 2. The predicted octanol–water partition coefficient (Wildman–Crippen LogP) is 3.32. The molecule has 0 spiro atoms. The van der Waals surface area contributed by atoms with Gasteiger partial charge in [0.25, 0.3) is 11.6 Å². The topological polar surface area (TPSA) is 98.5 Å². The molecule has 0 fully saturated rings. The number of hydrogen-bond acceptors (Lipinski definition) is 5. The molecule has 0 aliphatic rings. The lowest BCUT2D eigenvalue weighted by Gasteiger charge is -2.11. The molecular weight excluding hydrogens is 324 g/mol. The number of esters is 1. The molecule has 0 aliphatic heterocycles. The van der Waals surface area contributed by atoms with Crippen LogP contribution in [0.15, 0.2) is 36.4 Å². The summed E-state index contributed by atoms with van der Waals surface area (Å²) in [7, 11) is 0. The lowest BCUT2D eigenvalue weighted by atomic mass is 10.00. The number of aryl methyl sites for hydroxylation is 3. The van der Waals surface area contributed by atoms with Gasteiger partial charge in [-0.25, -0.2) is 4.79 Å². The normalized spacial score (nSPS) is 10.2. The number of anilines is 1. The van der Waals surface area contributed by atoms with E-state index in [9.17, 15) is 19.7 Å². The molecule has 0 unspecified atom stereocenters. The Morgan fingerprint density at radius 2 is 1.64 bits per heavy atom. The van der Waals surface area contributed by atoms with Crippen molar-refractivity contribution in [2.45, 2.75) is 20.8 Å². The van der Waals surface area contributed by atoms with Gasteiger partial charge in [-0.3, -0.25) is 14.9 Å². The molecule has 0 saturated heterocycles. The van der Waals surface area contributed by atoms with Gasteiger partial charge in [-0.1, -0.05) is 17.7 Å². The highest BCUT2D eigenvalue weighted by atomic mass is 16.6. The largest absolute Gasteiger partial charge is 0.452 e. The van der Waals surface area contributed by atoms with E-state index in [2.05, 4.69) is 5.32 Å². The van der Waals surface area contributed by atoms with Crippen molar-refractivity contribution in [1.82, 2.24) is 0 Å². The van der Waals surface area contributed by atoms with Gasteiger partial charge < -0.3 is 10.1 Å². The van der Waals surface area contributed by atoms with Crippen LogP contribution in [-0.2, 0) is 9.53 Å². The van der Waals surface area contributed by atoms with Crippen LogP contribution in [0.1, 0.15) is 27.0 Å². The standard InChI is InChI=1S/C18H18N2O5/c1-11-8-12(2)17(13(3)9-11)18(22)25-10-16(21)19-14-4-6-15(7-5-14)20(23)24/h4-9H,10H2,1-3H3,(H,19,21). The quantitative estimate of drug-likeness (QED) is 0.510. The third kappa shape index (κ3) is 4.63. The predicted molar refractivity (Wildman–Crippen MR) is 92.7 cm³/mol. The summed E-state index contributed by atoms with van der Waals surface area (Å²) in [4.78, 5) is 34.1. The molecule has 0 aromatic heterocycles. The zero-order valence-corrected chi connectivity index (χ0v) is 14.2. The molecule has 0 saturated carbocycles. The molecule has 2 aromatic carbocycles. The van der Waals surface area contributed by atoms with Gasteiger partial charge >= 0.3 is 5.97 Å². The van der Waals surface area contributed by atoms with Crippen molar-refractivity contribution in [3.8, 4) is 0 Å². The van der Waals surface area contributed by atoms with Crippen molar-refractivity contribution in [1.29, 1.82) is 0 Å². The lowest BCUT2D eigenvalue weighted by Crippen LogP contribution is -2.21. The van der Waals surface area contributed by atoms with E-state index in [0.717, 1.165) is 16.7 Å². The van der Waals surface area contributed by atoms with Crippen molar-refractivity contribution < 1.29 is 19.2 Å². The zero-order chi connectivity index (χ0) is 18.6. The highest BCUT2D eigenvalue weighted by molar-refractivity contribution is 5.97. The van der Waals surface area contributed by atoms with Crippen molar-refractivity contribution in [2.75, 3.05) is 11.9 Å². The number of nitro benzene ring substituents is 1. The average molecular weight is 342 g/mol. The number of non-ortho nitro benzene ring substituents is 1. The van der Waals surface area contributed by atoms with Crippen molar-refractivity contribution in [3.05, 3.63) is 68.8 Å². The van der Waals surface area contributed by atoms with Crippen LogP contribution in [0.2, 0.25) is 0 Å². The van der Waals surface area contributed by atoms with Crippen LogP contribution in [0.5, 0.6) is 0 Å². The van der Waals surface area contributed by atoms with E-state index in [4.69, 9.17) is 4.74 Å². The molecular formula is C18H18N2O5. The second-order valence-corrected chi connectivity index (χ2v) is 5.70. The number of rotatable bonds is 5. The molecule has 25 heavy (non-hydrogen) atoms. The summed E-state index contributed by atoms with van der Waals surface area (Å²) in [5.74, 6) is -1.08. The average Bonchev–Trinajstić information content (AvgIpc) is 2.52. The minimum Gasteiger partial charge on any atom is -0.452 e. The Morgan fingerprint density at radius 1 is 1.08 bits per heavy atom. The van der Waals surface area contributed by atoms with Gasteiger partial charge in [-0.15, -0.1) is 0 Å². The molecule has 0 heterocycles. The monoisotopic (exact) mass is 342 g/mol. The highest BCUT2D eigenvalue weighted by Crippen LogP contribution is 2.18. The molecule has 0 aliphatic carbocycles. The number of nitrogens with one attached hydrogen (secondary N) is 1. The highest BCUT2D eigenvalue weighted by Gasteiger charge is 2.16. The molecule has 0 bridgehead atoms. The summed E-state index contributed by atoms with van der Waals surface area (Å²) >= 11 is 0. The van der Waals surface area contributed by atoms with Crippen LogP contribution in [0, 0.1) is 30.9 Å². The number of hydrogen-bond donors (Lipinski definition) is 1. The van der Waals surface area contributed by atoms with Gasteiger partial charge in [0.05, 0.1) is 10.5 Å². The van der Waals surface area contributed by atoms with E-state index in [1.807, 2.05) is 32.9 Å². The number of carbonyl (C=O) groups excluding carboxylic acids is 2. The molecule has 7 nitrogen and oxygen atoms in total. The molecule has 2 rings (SSSR count). The number of nitro groups is 1. The van der Waals surface area contributed by atoms with Gasteiger partial charge in [0.2, 0.25) is 0 Å². The minimum atomic E-state index is -0.561. The molecule has 0 radical (unpaired) electrons. The smallest absolute Gasteiger partial charge is 0.339 e. The fourth-order valence-electron chi connectivity index (χ4n) is 2.57. The zero-order valence-electron chi connectivity index (χ0n) is 14.2. The summed E-state index contributed by atoms with van der Waals surface area (Å²) in [6, 6.07) is 9.13. The van der Waals surface area contributed by atoms with Crippen LogP contribution in [0.25, 0.3) is 0 Å². The minimum absolute atomic E-state index is 0.0743. The summed E-state index contributed by atoms with van der Waals surface area (Å²) in [6.45, 7) is 5.12. The van der Waals surface area contributed by atoms with Gasteiger partial charge in [-0.05, 0) is 44.0 Å². The van der Waals surface area contributed by atoms with Crippen LogP contribution in [0.3, 0.4) is 0 Å². The number of benzene rings is 2.